The number of hydrogen-bond donors (Lipinski definition) is 0. The predicted molar refractivity (Wildman–Crippen MR) is 129 cm³/mol. The normalized spacial score (nSPS) is 16.5. The van der Waals surface area contributed by atoms with Crippen molar-refractivity contribution < 1.29 is 13.2 Å². The number of carbonyl (C=O) groups is 1. The number of thiazole rings is 1. The highest BCUT2D eigenvalue weighted by atomic mass is 35.5. The molecule has 1 aliphatic rings. The molecule has 0 bridgehead atoms. The van der Waals surface area contributed by atoms with Gasteiger partial charge in [-0.15, -0.1) is 6.58 Å². The SMILES string of the molecule is C=CCn1c(=NC(=O)c2ccc(S(=O)(=O)N3CCC(C)CC3)cc2)sc2cc(Cl)ccc21. The van der Waals surface area contributed by atoms with Crippen LogP contribution in [0.3, 0.4) is 0 Å². The number of carbonyl (C=O) groups excluding carboxylic acids is 1. The molecule has 2 heterocycles. The number of hydrogen-bond acceptors (Lipinski definition) is 4. The first-order chi connectivity index (χ1) is 15.3. The fraction of sp³-hybridized carbons (Fsp3) is 0.304. The Morgan fingerprint density at radius 1 is 1.22 bits per heavy atom. The second kappa shape index (κ2) is 9.31. The highest BCUT2D eigenvalue weighted by Gasteiger charge is 2.28. The molecular weight excluding hydrogens is 466 g/mol. The first kappa shape index (κ1) is 22.9. The Balaban J connectivity index is 1.63. The van der Waals surface area contributed by atoms with E-state index in [1.54, 1.807) is 12.1 Å². The zero-order valence-corrected chi connectivity index (χ0v) is 20.1. The highest BCUT2D eigenvalue weighted by molar-refractivity contribution is 7.89. The number of amides is 1. The van der Waals surface area contributed by atoms with Crippen molar-refractivity contribution in [2.45, 2.75) is 31.2 Å². The van der Waals surface area contributed by atoms with Gasteiger partial charge in [-0.25, -0.2) is 8.42 Å². The Morgan fingerprint density at radius 3 is 2.56 bits per heavy atom. The minimum absolute atomic E-state index is 0.196. The van der Waals surface area contributed by atoms with Crippen molar-refractivity contribution in [1.82, 2.24) is 8.87 Å². The van der Waals surface area contributed by atoms with E-state index in [9.17, 15) is 13.2 Å². The van der Waals surface area contributed by atoms with Crippen LogP contribution in [0, 0.1) is 5.92 Å². The van der Waals surface area contributed by atoms with Gasteiger partial charge in [0.2, 0.25) is 10.0 Å². The predicted octanol–water partition coefficient (Wildman–Crippen LogP) is 4.70. The molecule has 32 heavy (non-hydrogen) atoms. The quantitative estimate of drug-likeness (QED) is 0.487. The summed E-state index contributed by atoms with van der Waals surface area (Å²) in [7, 11) is -3.56. The first-order valence-corrected chi connectivity index (χ1v) is 13.0. The van der Waals surface area contributed by atoms with Gasteiger partial charge in [0, 0.05) is 30.2 Å². The summed E-state index contributed by atoms with van der Waals surface area (Å²) in [6, 6.07) is 11.5. The molecule has 0 aliphatic carbocycles. The molecule has 0 atom stereocenters. The average molecular weight is 490 g/mol. The molecule has 168 valence electrons. The molecule has 0 N–H and O–H groups in total. The van der Waals surface area contributed by atoms with Crippen LogP contribution in [0.2, 0.25) is 5.02 Å². The van der Waals surface area contributed by atoms with Crippen molar-refractivity contribution in [1.29, 1.82) is 0 Å². The van der Waals surface area contributed by atoms with Crippen LogP contribution in [0.1, 0.15) is 30.1 Å². The molecule has 1 aliphatic heterocycles. The van der Waals surface area contributed by atoms with Crippen LogP contribution >= 0.6 is 22.9 Å². The zero-order chi connectivity index (χ0) is 22.9. The van der Waals surface area contributed by atoms with Crippen molar-refractivity contribution in [3.8, 4) is 0 Å². The maximum atomic E-state index is 12.9. The topological polar surface area (TPSA) is 71.7 Å². The molecule has 1 fully saturated rings. The van der Waals surface area contributed by atoms with Crippen LogP contribution in [0.4, 0.5) is 0 Å². The summed E-state index contributed by atoms with van der Waals surface area (Å²) in [6.45, 7) is 7.47. The molecule has 1 saturated heterocycles. The summed E-state index contributed by atoms with van der Waals surface area (Å²) in [4.78, 5) is 17.9. The monoisotopic (exact) mass is 489 g/mol. The molecule has 4 rings (SSSR count). The zero-order valence-electron chi connectivity index (χ0n) is 17.7. The number of allylic oxidation sites excluding steroid dienone is 1. The molecular formula is C23H24ClN3O3S2. The van der Waals surface area contributed by atoms with Gasteiger partial charge in [0.05, 0.1) is 15.1 Å². The van der Waals surface area contributed by atoms with E-state index in [2.05, 4.69) is 18.5 Å². The van der Waals surface area contributed by atoms with Crippen LogP contribution in [0.5, 0.6) is 0 Å². The fourth-order valence-electron chi connectivity index (χ4n) is 3.73. The molecule has 0 saturated carbocycles. The molecule has 6 nitrogen and oxygen atoms in total. The lowest BCUT2D eigenvalue weighted by molar-refractivity contribution is 0.0997. The van der Waals surface area contributed by atoms with Gasteiger partial charge in [-0.1, -0.05) is 35.9 Å². The standard InChI is InChI=1S/C23H24ClN3O3S2/c1-3-12-27-20-9-6-18(24)15-21(20)31-23(27)25-22(28)17-4-7-19(8-5-17)32(29,30)26-13-10-16(2)11-14-26/h3-9,15-16H,1,10-14H2,2H3. The molecule has 1 amide bonds. The Labute approximate surface area is 196 Å². The van der Waals surface area contributed by atoms with Crippen LogP contribution in [0.25, 0.3) is 10.2 Å². The van der Waals surface area contributed by atoms with Gasteiger partial charge in [0.25, 0.3) is 5.91 Å². The number of aromatic nitrogens is 1. The van der Waals surface area contributed by atoms with Crippen molar-refractivity contribution in [2.24, 2.45) is 10.9 Å². The van der Waals surface area contributed by atoms with Crippen molar-refractivity contribution in [2.75, 3.05) is 13.1 Å². The Kier molecular flexibility index (Phi) is 6.67. The molecule has 9 heteroatoms. The third-order valence-corrected chi connectivity index (χ3v) is 8.82. The smallest absolute Gasteiger partial charge is 0.279 e. The number of piperidine rings is 1. The van der Waals surface area contributed by atoms with Crippen molar-refractivity contribution in [3.05, 3.63) is 70.5 Å². The van der Waals surface area contributed by atoms with E-state index in [1.807, 2.05) is 16.7 Å². The molecule has 2 aromatic carbocycles. The number of rotatable bonds is 5. The Bertz CT molecular complexity index is 1330. The second-order valence-corrected chi connectivity index (χ2v) is 11.3. The number of nitrogens with zero attached hydrogens (tertiary/aromatic N) is 3. The molecule has 0 radical (unpaired) electrons. The van der Waals surface area contributed by atoms with E-state index in [0.29, 0.717) is 40.9 Å². The summed E-state index contributed by atoms with van der Waals surface area (Å²) in [6.07, 6.45) is 3.46. The van der Waals surface area contributed by atoms with Crippen LogP contribution < -0.4 is 4.80 Å². The van der Waals surface area contributed by atoms with Gasteiger partial charge in [-0.2, -0.15) is 9.30 Å². The summed E-state index contributed by atoms with van der Waals surface area (Å²) in [5, 5.41) is 0.613. The number of benzene rings is 2. The maximum absolute atomic E-state index is 12.9. The van der Waals surface area contributed by atoms with Crippen LogP contribution in [-0.2, 0) is 16.6 Å². The third-order valence-electron chi connectivity index (χ3n) is 5.64. The molecule has 0 spiro atoms. The largest absolute Gasteiger partial charge is 0.312 e. The van der Waals surface area contributed by atoms with E-state index in [4.69, 9.17) is 11.6 Å². The summed E-state index contributed by atoms with van der Waals surface area (Å²) < 4.78 is 30.2. The van der Waals surface area contributed by atoms with E-state index in [0.717, 1.165) is 23.1 Å². The minimum Gasteiger partial charge on any atom is -0.312 e. The number of halogens is 1. The molecule has 3 aromatic rings. The van der Waals surface area contributed by atoms with Gasteiger partial charge < -0.3 is 4.57 Å². The van der Waals surface area contributed by atoms with Crippen molar-refractivity contribution in [3.63, 3.8) is 0 Å². The molecule has 0 unspecified atom stereocenters. The van der Waals surface area contributed by atoms with Gasteiger partial charge in [0.15, 0.2) is 4.80 Å². The van der Waals surface area contributed by atoms with Gasteiger partial charge in [-0.05, 0) is 61.2 Å². The van der Waals surface area contributed by atoms with Gasteiger partial charge >= 0.3 is 0 Å². The summed E-state index contributed by atoms with van der Waals surface area (Å²) in [5.41, 5.74) is 1.25. The number of fused-ring (bicyclic) bond motifs is 1. The Morgan fingerprint density at radius 2 is 1.91 bits per heavy atom. The third kappa shape index (κ3) is 4.59. The fourth-order valence-corrected chi connectivity index (χ4v) is 6.52. The average Bonchev–Trinajstić information content (AvgIpc) is 3.10. The maximum Gasteiger partial charge on any atom is 0.279 e. The Hall–Kier alpha value is -2.26. The van der Waals surface area contributed by atoms with E-state index < -0.39 is 15.9 Å². The highest BCUT2D eigenvalue weighted by Crippen LogP contribution is 2.24. The lowest BCUT2D eigenvalue weighted by Crippen LogP contribution is -2.37. The number of sulfonamides is 1. The summed E-state index contributed by atoms with van der Waals surface area (Å²) in [5.74, 6) is 0.105. The molecule has 1 aromatic heterocycles. The second-order valence-electron chi connectivity index (χ2n) is 7.92. The van der Waals surface area contributed by atoms with Gasteiger partial charge in [0.1, 0.15) is 0 Å². The lowest BCUT2D eigenvalue weighted by Gasteiger charge is -2.29. The van der Waals surface area contributed by atoms with Crippen molar-refractivity contribution >= 4 is 49.1 Å². The van der Waals surface area contributed by atoms with Gasteiger partial charge in [-0.3, -0.25) is 4.79 Å². The minimum atomic E-state index is -3.56. The summed E-state index contributed by atoms with van der Waals surface area (Å²) >= 11 is 7.47. The van der Waals surface area contributed by atoms with Crippen LogP contribution in [0.15, 0.2) is 65.0 Å². The van der Waals surface area contributed by atoms with E-state index in [-0.39, 0.29) is 4.90 Å². The van der Waals surface area contributed by atoms with E-state index in [1.165, 1.54) is 39.9 Å². The first-order valence-electron chi connectivity index (χ1n) is 10.4. The lowest BCUT2D eigenvalue weighted by atomic mass is 10.0. The van der Waals surface area contributed by atoms with Crippen LogP contribution in [-0.4, -0.2) is 36.3 Å². The van der Waals surface area contributed by atoms with E-state index >= 15 is 0 Å².